The summed E-state index contributed by atoms with van der Waals surface area (Å²) in [5.41, 5.74) is 10.6. The number of phenolic OH excluding ortho intramolecular Hbond substituents is 1. The molecule has 3 N–H and O–H groups in total. The van der Waals surface area contributed by atoms with Crippen molar-refractivity contribution in [3.05, 3.63) is 59.2 Å². The van der Waals surface area contributed by atoms with E-state index in [1.807, 2.05) is 6.07 Å². The number of fused-ring (bicyclic) bond motifs is 1. The van der Waals surface area contributed by atoms with Gasteiger partial charge in [-0.2, -0.15) is 11.8 Å². The number of hydrogen-bond acceptors (Lipinski definition) is 3. The molecule has 2 nitrogen and oxygen atoms in total. The van der Waals surface area contributed by atoms with Gasteiger partial charge < -0.3 is 10.8 Å². The molecular weight excluding hydrogens is 302 g/mol. The van der Waals surface area contributed by atoms with Crippen LogP contribution in [0.5, 0.6) is 5.75 Å². The molecule has 1 atom stereocenters. The number of nitrogen functional groups attached to an aromatic ring is 1. The minimum Gasteiger partial charge on any atom is -0.506 e. The third-order valence-corrected chi connectivity index (χ3v) is 6.00. The van der Waals surface area contributed by atoms with Crippen molar-refractivity contribution in [2.45, 2.75) is 43.8 Å². The van der Waals surface area contributed by atoms with Crippen molar-refractivity contribution in [1.29, 1.82) is 0 Å². The smallest absolute Gasteiger partial charge is 0.138 e. The van der Waals surface area contributed by atoms with Crippen LogP contribution in [0.4, 0.5) is 5.69 Å². The molecule has 23 heavy (non-hydrogen) atoms. The average molecular weight is 327 g/mol. The van der Waals surface area contributed by atoms with Gasteiger partial charge >= 0.3 is 0 Å². The molecule has 1 aliphatic carbocycles. The third-order valence-electron chi connectivity index (χ3n) is 4.76. The first-order valence-electron chi connectivity index (χ1n) is 8.24. The van der Waals surface area contributed by atoms with Crippen LogP contribution in [-0.2, 0) is 18.3 Å². The van der Waals surface area contributed by atoms with Crippen LogP contribution in [0, 0.1) is 0 Å². The van der Waals surface area contributed by atoms with Crippen molar-refractivity contribution < 1.29 is 5.11 Å². The number of aryl methyl sites for hydroxylation is 1. The Morgan fingerprint density at radius 2 is 1.91 bits per heavy atom. The second kappa shape index (κ2) is 6.48. The minimum absolute atomic E-state index is 0.0147. The molecule has 1 aliphatic rings. The first-order chi connectivity index (χ1) is 11.0. The zero-order valence-corrected chi connectivity index (χ0v) is 14.7. The molecule has 0 radical (unpaired) electrons. The molecule has 0 saturated heterocycles. The first kappa shape index (κ1) is 16.3. The predicted octanol–water partition coefficient (Wildman–Crippen LogP) is 4.54. The Morgan fingerprint density at radius 3 is 2.65 bits per heavy atom. The first-order valence-corrected chi connectivity index (χ1v) is 9.28. The molecule has 2 aromatic carbocycles. The zero-order chi connectivity index (χ0) is 16.4. The Kier molecular flexibility index (Phi) is 4.58. The summed E-state index contributed by atoms with van der Waals surface area (Å²) < 4.78 is 0. The normalized spacial score (nSPS) is 19.3. The number of phenols is 1. The summed E-state index contributed by atoms with van der Waals surface area (Å²) in [7, 11) is 0. The maximum absolute atomic E-state index is 9.91. The number of aromatic hydroxyl groups is 1. The van der Waals surface area contributed by atoms with Gasteiger partial charge in [-0.25, -0.2) is 0 Å². The fourth-order valence-corrected chi connectivity index (χ4v) is 5.24. The molecule has 0 amide bonds. The van der Waals surface area contributed by atoms with E-state index in [1.165, 1.54) is 11.1 Å². The molecule has 122 valence electrons. The van der Waals surface area contributed by atoms with Crippen LogP contribution in [0.15, 0.2) is 42.5 Å². The number of nitrogens with two attached hydrogens (primary N) is 1. The monoisotopic (exact) mass is 327 g/mol. The third kappa shape index (κ3) is 3.50. The Bertz CT molecular complexity index is 682. The van der Waals surface area contributed by atoms with Crippen molar-refractivity contribution in [3.8, 4) is 5.75 Å². The van der Waals surface area contributed by atoms with Crippen molar-refractivity contribution in [1.82, 2.24) is 0 Å². The maximum atomic E-state index is 9.91. The van der Waals surface area contributed by atoms with Crippen LogP contribution < -0.4 is 5.73 Å². The van der Waals surface area contributed by atoms with Crippen molar-refractivity contribution >= 4 is 17.4 Å². The van der Waals surface area contributed by atoms with Gasteiger partial charge in [0.05, 0.1) is 5.69 Å². The van der Waals surface area contributed by atoms with Gasteiger partial charge in [0, 0.05) is 5.25 Å². The fourth-order valence-electron chi connectivity index (χ4n) is 3.72. The zero-order valence-electron chi connectivity index (χ0n) is 13.9. The molecule has 0 heterocycles. The summed E-state index contributed by atoms with van der Waals surface area (Å²) in [6.45, 7) is 4.48. The molecule has 0 aromatic heterocycles. The standard InChI is InChI=1S/C20H25NOS/c1-20(2)13-16(23-11-10-14-6-4-3-5-7-14)12-15-8-9-17(22)19(21)18(15)20/h3-9,16,22H,10-13,21H2,1-2H3. The van der Waals surface area contributed by atoms with Crippen LogP contribution in [0.3, 0.4) is 0 Å². The highest BCUT2D eigenvalue weighted by atomic mass is 32.2. The Labute approximate surface area is 143 Å². The molecule has 3 rings (SSSR count). The van der Waals surface area contributed by atoms with E-state index in [9.17, 15) is 5.11 Å². The number of rotatable bonds is 4. The van der Waals surface area contributed by atoms with E-state index in [-0.39, 0.29) is 11.2 Å². The van der Waals surface area contributed by atoms with E-state index < -0.39 is 0 Å². The Morgan fingerprint density at radius 1 is 1.17 bits per heavy atom. The number of anilines is 1. The van der Waals surface area contributed by atoms with Gasteiger partial charge in [0.2, 0.25) is 0 Å². The minimum atomic E-state index is 0.0147. The van der Waals surface area contributed by atoms with Crippen LogP contribution in [0.1, 0.15) is 37.0 Å². The molecule has 0 fully saturated rings. The molecule has 0 saturated carbocycles. The molecule has 3 heteroatoms. The van der Waals surface area contributed by atoms with Gasteiger partial charge in [-0.1, -0.05) is 50.2 Å². The summed E-state index contributed by atoms with van der Waals surface area (Å²) in [4.78, 5) is 0. The maximum Gasteiger partial charge on any atom is 0.138 e. The lowest BCUT2D eigenvalue weighted by molar-refractivity contribution is 0.433. The summed E-state index contributed by atoms with van der Waals surface area (Å²) in [6.07, 6.45) is 3.27. The lowest BCUT2D eigenvalue weighted by Crippen LogP contribution is -2.32. The van der Waals surface area contributed by atoms with Crippen LogP contribution in [0.25, 0.3) is 0 Å². The summed E-state index contributed by atoms with van der Waals surface area (Å²) in [5, 5.41) is 10.5. The van der Waals surface area contributed by atoms with Gasteiger partial charge in [0.25, 0.3) is 0 Å². The van der Waals surface area contributed by atoms with E-state index >= 15 is 0 Å². The highest BCUT2D eigenvalue weighted by Gasteiger charge is 2.35. The van der Waals surface area contributed by atoms with Crippen molar-refractivity contribution in [2.24, 2.45) is 0 Å². The lowest BCUT2D eigenvalue weighted by atomic mass is 9.71. The van der Waals surface area contributed by atoms with Gasteiger partial charge in [-0.3, -0.25) is 0 Å². The van der Waals surface area contributed by atoms with E-state index in [4.69, 9.17) is 5.73 Å². The molecule has 0 bridgehead atoms. The van der Waals surface area contributed by atoms with Gasteiger partial charge in [-0.15, -0.1) is 0 Å². The molecule has 0 aliphatic heterocycles. The van der Waals surface area contributed by atoms with Crippen LogP contribution >= 0.6 is 11.8 Å². The lowest BCUT2D eigenvalue weighted by Gasteiger charge is -2.38. The fraction of sp³-hybridized carbons (Fsp3) is 0.400. The average Bonchev–Trinajstić information content (AvgIpc) is 2.51. The van der Waals surface area contributed by atoms with E-state index in [2.05, 4.69) is 55.9 Å². The highest BCUT2D eigenvalue weighted by Crippen LogP contribution is 2.45. The number of benzene rings is 2. The van der Waals surface area contributed by atoms with Crippen molar-refractivity contribution in [2.75, 3.05) is 11.5 Å². The molecule has 0 spiro atoms. The molecular formula is C20H25NOS. The Hall–Kier alpha value is -1.61. The molecule has 1 unspecified atom stereocenters. The second-order valence-corrected chi connectivity index (χ2v) is 8.46. The largest absolute Gasteiger partial charge is 0.506 e. The SMILES string of the molecule is CC1(C)CC(SCCc2ccccc2)Cc2ccc(O)c(N)c21. The summed E-state index contributed by atoms with van der Waals surface area (Å²) in [6, 6.07) is 14.5. The number of hydrogen-bond donors (Lipinski definition) is 2. The van der Waals surface area contributed by atoms with E-state index in [0.29, 0.717) is 10.9 Å². The van der Waals surface area contributed by atoms with E-state index in [1.54, 1.807) is 6.07 Å². The Balaban J connectivity index is 1.69. The van der Waals surface area contributed by atoms with Crippen LogP contribution in [0.2, 0.25) is 0 Å². The highest BCUT2D eigenvalue weighted by molar-refractivity contribution is 7.99. The van der Waals surface area contributed by atoms with Crippen molar-refractivity contribution in [3.63, 3.8) is 0 Å². The summed E-state index contributed by atoms with van der Waals surface area (Å²) in [5.74, 6) is 1.36. The predicted molar refractivity (Wildman–Crippen MR) is 100 cm³/mol. The quantitative estimate of drug-likeness (QED) is 0.640. The van der Waals surface area contributed by atoms with Gasteiger partial charge in [-0.05, 0) is 53.2 Å². The topological polar surface area (TPSA) is 46.2 Å². The second-order valence-electron chi connectivity index (χ2n) is 7.05. The van der Waals surface area contributed by atoms with Gasteiger partial charge in [0.1, 0.15) is 5.75 Å². The number of thioether (sulfide) groups is 1. The van der Waals surface area contributed by atoms with Crippen LogP contribution in [-0.4, -0.2) is 16.1 Å². The van der Waals surface area contributed by atoms with Gasteiger partial charge in [0.15, 0.2) is 0 Å². The van der Waals surface area contributed by atoms with E-state index in [0.717, 1.165) is 30.6 Å². The summed E-state index contributed by atoms with van der Waals surface area (Å²) >= 11 is 2.06. The molecule has 2 aromatic rings.